The number of hydrogen-bond donors (Lipinski definition) is 3. The summed E-state index contributed by atoms with van der Waals surface area (Å²) in [4.78, 5) is 41.6. The lowest BCUT2D eigenvalue weighted by Gasteiger charge is -2.35. The molecule has 0 spiro atoms. The van der Waals surface area contributed by atoms with Gasteiger partial charge in [0, 0.05) is 54.5 Å². The minimum atomic E-state index is -0.979. The van der Waals surface area contributed by atoms with Gasteiger partial charge in [-0.2, -0.15) is 0 Å². The van der Waals surface area contributed by atoms with E-state index in [1.165, 1.54) is 11.1 Å². The second kappa shape index (κ2) is 16.2. The van der Waals surface area contributed by atoms with E-state index in [2.05, 4.69) is 103 Å². The van der Waals surface area contributed by atoms with Crippen molar-refractivity contribution in [2.24, 2.45) is 0 Å². The van der Waals surface area contributed by atoms with Gasteiger partial charge in [0.25, 0.3) is 0 Å². The molecule has 2 aliphatic rings. The molecule has 0 aromatic heterocycles. The Morgan fingerprint density at radius 1 is 0.741 bits per heavy atom. The maximum atomic E-state index is 12.7. The molecule has 2 heterocycles. The molecule has 0 radical (unpaired) electrons. The summed E-state index contributed by atoms with van der Waals surface area (Å²) in [6.07, 6.45) is 11.0. The SMILES string of the molecule is CNC(=O)CCC1(C)c2cc(C(=O)O)ccc2N(CCCc2ccccc2)C1C=CC=C1N(CCCc2ccccc2)c2ccc(C(=O)O)cc2C1(C)C. The summed E-state index contributed by atoms with van der Waals surface area (Å²) in [5.41, 5.74) is 7.02. The van der Waals surface area contributed by atoms with Crippen molar-refractivity contribution >= 4 is 29.2 Å². The van der Waals surface area contributed by atoms with E-state index < -0.39 is 22.8 Å². The summed E-state index contributed by atoms with van der Waals surface area (Å²) in [6, 6.07) is 31.5. The van der Waals surface area contributed by atoms with Gasteiger partial charge in [-0.05, 0) is 96.8 Å². The molecule has 8 nitrogen and oxygen atoms in total. The van der Waals surface area contributed by atoms with Crippen LogP contribution in [0.5, 0.6) is 0 Å². The topological polar surface area (TPSA) is 110 Å². The van der Waals surface area contributed by atoms with Crippen LogP contribution in [-0.4, -0.2) is 54.2 Å². The first kappa shape index (κ1) is 38.1. The van der Waals surface area contributed by atoms with E-state index in [0.29, 0.717) is 12.8 Å². The number of carboxylic acid groups (broad SMARTS) is 2. The molecule has 6 rings (SSSR count). The first-order valence-electron chi connectivity index (χ1n) is 18.9. The van der Waals surface area contributed by atoms with E-state index in [-0.39, 0.29) is 23.1 Å². The Bertz CT molecular complexity index is 2060. The first-order valence-corrected chi connectivity index (χ1v) is 18.9. The Kier molecular flexibility index (Phi) is 11.4. The van der Waals surface area contributed by atoms with Crippen LogP contribution in [0.2, 0.25) is 0 Å². The summed E-state index contributed by atoms with van der Waals surface area (Å²) in [5, 5.41) is 22.6. The molecule has 54 heavy (non-hydrogen) atoms. The van der Waals surface area contributed by atoms with Crippen LogP contribution in [0.1, 0.15) is 89.4 Å². The van der Waals surface area contributed by atoms with Crippen molar-refractivity contribution in [3.05, 3.63) is 154 Å². The Hall–Kier alpha value is -5.63. The smallest absolute Gasteiger partial charge is 0.335 e. The third kappa shape index (κ3) is 7.84. The van der Waals surface area contributed by atoms with Gasteiger partial charge in [0.2, 0.25) is 5.91 Å². The fraction of sp³-hybridized carbons (Fsp3) is 0.326. The number of carbonyl (C=O) groups excluding carboxylic acids is 1. The number of benzene rings is 4. The number of aromatic carboxylic acids is 2. The highest BCUT2D eigenvalue weighted by molar-refractivity contribution is 5.90. The summed E-state index contributed by atoms with van der Waals surface area (Å²) >= 11 is 0. The number of anilines is 2. The van der Waals surface area contributed by atoms with E-state index >= 15 is 0 Å². The van der Waals surface area contributed by atoms with E-state index in [4.69, 9.17) is 0 Å². The van der Waals surface area contributed by atoms with Gasteiger partial charge >= 0.3 is 11.9 Å². The summed E-state index contributed by atoms with van der Waals surface area (Å²) in [5.74, 6) is -1.99. The van der Waals surface area contributed by atoms with Crippen molar-refractivity contribution in [2.45, 2.75) is 76.2 Å². The molecule has 0 saturated heterocycles. The maximum Gasteiger partial charge on any atom is 0.335 e. The van der Waals surface area contributed by atoms with Crippen molar-refractivity contribution in [1.82, 2.24) is 5.32 Å². The third-order valence-corrected chi connectivity index (χ3v) is 11.4. The quantitative estimate of drug-likeness (QED) is 0.113. The molecule has 4 aromatic rings. The van der Waals surface area contributed by atoms with Gasteiger partial charge in [0.05, 0.1) is 17.2 Å². The number of amides is 1. The van der Waals surface area contributed by atoms with E-state index in [9.17, 15) is 24.6 Å². The fourth-order valence-corrected chi connectivity index (χ4v) is 8.37. The van der Waals surface area contributed by atoms with Gasteiger partial charge in [-0.3, -0.25) is 4.79 Å². The minimum absolute atomic E-state index is 0.0584. The van der Waals surface area contributed by atoms with Crippen LogP contribution in [-0.2, 0) is 28.5 Å². The number of fused-ring (bicyclic) bond motifs is 2. The van der Waals surface area contributed by atoms with Crippen molar-refractivity contribution in [3.8, 4) is 0 Å². The van der Waals surface area contributed by atoms with Crippen molar-refractivity contribution in [2.75, 3.05) is 29.9 Å². The van der Waals surface area contributed by atoms with Crippen molar-refractivity contribution in [3.63, 3.8) is 0 Å². The lowest BCUT2D eigenvalue weighted by molar-refractivity contribution is -0.121. The molecule has 8 heteroatoms. The molecule has 2 atom stereocenters. The number of aryl methyl sites for hydroxylation is 2. The molecule has 0 aliphatic carbocycles. The van der Waals surface area contributed by atoms with Gasteiger partial charge in [-0.25, -0.2) is 9.59 Å². The van der Waals surface area contributed by atoms with Gasteiger partial charge < -0.3 is 25.3 Å². The minimum Gasteiger partial charge on any atom is -0.478 e. The third-order valence-electron chi connectivity index (χ3n) is 11.4. The highest BCUT2D eigenvalue weighted by atomic mass is 16.4. The molecular weight excluding hydrogens is 675 g/mol. The first-order chi connectivity index (χ1) is 25.9. The summed E-state index contributed by atoms with van der Waals surface area (Å²) in [7, 11) is 1.64. The number of nitrogens with zero attached hydrogens (tertiary/aromatic N) is 2. The number of carboxylic acids is 2. The molecule has 0 saturated carbocycles. The van der Waals surface area contributed by atoms with Gasteiger partial charge in [-0.1, -0.05) is 93.6 Å². The van der Waals surface area contributed by atoms with Crippen molar-refractivity contribution < 1.29 is 24.6 Å². The van der Waals surface area contributed by atoms with Crippen molar-refractivity contribution in [1.29, 1.82) is 0 Å². The predicted molar refractivity (Wildman–Crippen MR) is 216 cm³/mol. The summed E-state index contributed by atoms with van der Waals surface area (Å²) in [6.45, 7) is 7.96. The zero-order valence-electron chi connectivity index (χ0n) is 31.7. The van der Waals surface area contributed by atoms with Gasteiger partial charge in [-0.15, -0.1) is 0 Å². The van der Waals surface area contributed by atoms with Gasteiger partial charge in [0.15, 0.2) is 0 Å². The normalized spacial score (nSPS) is 19.3. The Labute approximate surface area is 318 Å². The van der Waals surface area contributed by atoms with Crippen LogP contribution in [0.15, 0.2) is 121 Å². The maximum absolute atomic E-state index is 12.7. The highest BCUT2D eigenvalue weighted by Crippen LogP contribution is 2.50. The summed E-state index contributed by atoms with van der Waals surface area (Å²) < 4.78 is 0. The van der Waals surface area contributed by atoms with E-state index in [0.717, 1.165) is 67.0 Å². The standard InChI is InChI=1S/C46H51N3O5/c1-45(2)36-30-34(43(51)52)22-24-38(36)48(28-12-18-32-14-7-5-8-15-32)40(45)20-11-21-41-46(3,27-26-42(50)47-4)37-31-35(44(53)54)23-25-39(37)49(41)29-13-19-33-16-9-6-10-17-33/h5-11,14-17,20-25,30-31,41H,12-13,18-19,26-29H2,1-4H3,(H,47,50)(H,51,52)(H,53,54). The van der Waals surface area contributed by atoms with Gasteiger partial charge in [0.1, 0.15) is 0 Å². The zero-order valence-corrected chi connectivity index (χ0v) is 31.7. The monoisotopic (exact) mass is 725 g/mol. The van der Waals surface area contributed by atoms with Crippen LogP contribution >= 0.6 is 0 Å². The molecule has 2 unspecified atom stereocenters. The molecule has 0 bridgehead atoms. The van der Waals surface area contributed by atoms with E-state index in [1.807, 2.05) is 30.3 Å². The van der Waals surface area contributed by atoms with Crippen LogP contribution in [0.4, 0.5) is 11.4 Å². The van der Waals surface area contributed by atoms with Crippen LogP contribution < -0.4 is 15.1 Å². The molecule has 1 amide bonds. The van der Waals surface area contributed by atoms with Crippen LogP contribution in [0, 0.1) is 0 Å². The largest absolute Gasteiger partial charge is 0.478 e. The second-order valence-corrected chi connectivity index (χ2v) is 15.2. The predicted octanol–water partition coefficient (Wildman–Crippen LogP) is 8.56. The average molecular weight is 726 g/mol. The number of carbonyl (C=O) groups is 3. The molecule has 3 N–H and O–H groups in total. The van der Waals surface area contributed by atoms with Crippen LogP contribution in [0.3, 0.4) is 0 Å². The molecule has 2 aliphatic heterocycles. The number of nitrogens with one attached hydrogen (secondary N) is 1. The number of hydrogen-bond acceptors (Lipinski definition) is 5. The molecular formula is C46H51N3O5. The Balaban J connectivity index is 1.38. The highest BCUT2D eigenvalue weighted by Gasteiger charge is 2.47. The average Bonchev–Trinajstić information content (AvgIpc) is 3.53. The molecule has 280 valence electrons. The van der Waals surface area contributed by atoms with Crippen LogP contribution in [0.25, 0.3) is 0 Å². The Morgan fingerprint density at radius 2 is 1.30 bits per heavy atom. The molecule has 0 fully saturated rings. The fourth-order valence-electron chi connectivity index (χ4n) is 8.37. The number of allylic oxidation sites excluding steroid dienone is 3. The zero-order chi connectivity index (χ0) is 38.5. The van der Waals surface area contributed by atoms with E-state index in [1.54, 1.807) is 25.2 Å². The lowest BCUT2D eigenvalue weighted by Crippen LogP contribution is -2.43. The lowest BCUT2D eigenvalue weighted by atomic mass is 9.74. The second-order valence-electron chi connectivity index (χ2n) is 15.2. The number of rotatable bonds is 15. The molecule has 4 aromatic carbocycles. The Morgan fingerprint density at radius 3 is 1.87 bits per heavy atom.